The van der Waals surface area contributed by atoms with Crippen molar-refractivity contribution in [2.75, 3.05) is 25.6 Å². The second kappa shape index (κ2) is 5.37. The summed E-state index contributed by atoms with van der Waals surface area (Å²) in [5.74, 6) is 0.826. The summed E-state index contributed by atoms with van der Waals surface area (Å²) in [6.45, 7) is 4.27. The number of hydrogen-bond donors (Lipinski definition) is 1. The van der Waals surface area contributed by atoms with Crippen molar-refractivity contribution in [1.82, 2.24) is 0 Å². The second-order valence-corrected chi connectivity index (χ2v) is 5.85. The van der Waals surface area contributed by atoms with Crippen molar-refractivity contribution in [2.24, 2.45) is 0 Å². The van der Waals surface area contributed by atoms with Gasteiger partial charge in [-0.3, -0.25) is 0 Å². The first-order valence-corrected chi connectivity index (χ1v) is 6.64. The van der Waals surface area contributed by atoms with Crippen LogP contribution in [0.3, 0.4) is 0 Å². The van der Waals surface area contributed by atoms with Crippen LogP contribution in [0.2, 0.25) is 0 Å². The fourth-order valence-electron chi connectivity index (χ4n) is 1.20. The molecule has 1 N–H and O–H groups in total. The molecule has 1 atom stereocenters. The van der Waals surface area contributed by atoms with Crippen LogP contribution < -0.4 is 0 Å². The molecule has 1 saturated heterocycles. The third kappa shape index (κ3) is 2.83. The molecule has 0 spiro atoms. The lowest BCUT2D eigenvalue weighted by molar-refractivity contribution is 0.190. The maximum absolute atomic E-state index is 8.63. The molecule has 0 aromatic heterocycles. The van der Waals surface area contributed by atoms with Gasteiger partial charge in [0.2, 0.25) is 0 Å². The molecule has 1 unspecified atom stereocenters. The summed E-state index contributed by atoms with van der Waals surface area (Å²) in [7, 11) is 3.65. The van der Waals surface area contributed by atoms with Crippen LogP contribution in [0.5, 0.6) is 0 Å². The Balaban J connectivity index is 2.24. The fourth-order valence-corrected chi connectivity index (χ4v) is 3.99. The molecule has 1 aliphatic heterocycles. The van der Waals surface area contributed by atoms with Gasteiger partial charge in [0, 0.05) is 12.4 Å². The molecule has 0 bridgehead atoms. The smallest absolute Gasteiger partial charge is 0.0622 e. The van der Waals surface area contributed by atoms with Crippen molar-refractivity contribution in [1.29, 1.82) is 0 Å². The van der Waals surface area contributed by atoms with Crippen molar-refractivity contribution in [3.63, 3.8) is 0 Å². The molecule has 0 saturated carbocycles. The Bertz CT molecular complexity index is 124. The predicted octanol–water partition coefficient (Wildman–Crippen LogP) is 1.93. The van der Waals surface area contributed by atoms with Crippen molar-refractivity contribution in [2.45, 2.75) is 24.5 Å². The van der Waals surface area contributed by atoms with E-state index in [-0.39, 0.29) is 6.61 Å². The van der Waals surface area contributed by atoms with Crippen LogP contribution in [-0.2, 0) is 4.74 Å². The molecule has 0 aromatic carbocycles. The summed E-state index contributed by atoms with van der Waals surface area (Å²) in [5, 5.41) is 8.63. The Kier molecular flexibility index (Phi) is 4.79. The van der Waals surface area contributed by atoms with E-state index in [1.807, 2.05) is 10.8 Å². The molecule has 0 aliphatic carbocycles. The van der Waals surface area contributed by atoms with Gasteiger partial charge in [0.15, 0.2) is 0 Å². The number of ether oxygens (including phenoxy) is 1. The number of aliphatic hydroxyl groups excluding tert-OH is 1. The normalized spacial score (nSPS) is 29.5. The Labute approximate surface area is 81.8 Å². The summed E-state index contributed by atoms with van der Waals surface area (Å²) in [6.07, 6.45) is 2.32. The zero-order valence-electron chi connectivity index (χ0n) is 7.41. The number of rotatable bonds is 5. The summed E-state index contributed by atoms with van der Waals surface area (Å²) in [5.41, 5.74) is 0. The molecule has 1 fully saturated rings. The third-order valence-electron chi connectivity index (χ3n) is 2.12. The van der Waals surface area contributed by atoms with Gasteiger partial charge < -0.3 is 9.84 Å². The molecule has 4 heteroatoms. The van der Waals surface area contributed by atoms with Gasteiger partial charge in [-0.1, -0.05) is 28.5 Å². The average molecular weight is 208 g/mol. The first-order chi connectivity index (χ1) is 5.83. The van der Waals surface area contributed by atoms with Crippen LogP contribution in [0.1, 0.15) is 19.8 Å². The van der Waals surface area contributed by atoms with Gasteiger partial charge >= 0.3 is 0 Å². The molecule has 1 rings (SSSR count). The van der Waals surface area contributed by atoms with Gasteiger partial charge in [-0.15, -0.1) is 0 Å². The van der Waals surface area contributed by atoms with E-state index < -0.39 is 0 Å². The summed E-state index contributed by atoms with van der Waals surface area (Å²) < 4.78 is 5.72. The van der Waals surface area contributed by atoms with Crippen molar-refractivity contribution >= 4 is 21.6 Å². The van der Waals surface area contributed by atoms with Gasteiger partial charge in [0.05, 0.1) is 18.0 Å². The Morgan fingerprint density at radius 1 is 1.58 bits per heavy atom. The van der Waals surface area contributed by atoms with Crippen molar-refractivity contribution < 1.29 is 9.84 Å². The lowest BCUT2D eigenvalue weighted by atomic mass is 10.1. The minimum Gasteiger partial charge on any atom is -0.395 e. The lowest BCUT2D eigenvalue weighted by Gasteiger charge is -2.23. The standard InChI is InChI=1S/C8H16O2S2/c1-2-8(3-5-10-7-8)12-11-6-4-9/h9H,2-7H2,1H3. The van der Waals surface area contributed by atoms with Crippen molar-refractivity contribution in [3.05, 3.63) is 0 Å². The number of aliphatic hydroxyl groups is 1. The molecular weight excluding hydrogens is 192 g/mol. The first-order valence-electron chi connectivity index (χ1n) is 4.32. The van der Waals surface area contributed by atoms with Gasteiger partial charge in [-0.25, -0.2) is 0 Å². The predicted molar refractivity (Wildman–Crippen MR) is 55.6 cm³/mol. The highest BCUT2D eigenvalue weighted by Crippen LogP contribution is 2.43. The van der Waals surface area contributed by atoms with Crippen LogP contribution in [0.4, 0.5) is 0 Å². The molecule has 72 valence electrons. The average Bonchev–Trinajstić information content (AvgIpc) is 2.55. The van der Waals surface area contributed by atoms with Crippen LogP contribution in [0, 0.1) is 0 Å². The zero-order chi connectivity index (χ0) is 8.86. The minimum atomic E-state index is 0.276. The van der Waals surface area contributed by atoms with E-state index >= 15 is 0 Å². The highest BCUT2D eigenvalue weighted by Gasteiger charge is 2.33. The van der Waals surface area contributed by atoms with Gasteiger partial charge in [-0.2, -0.15) is 0 Å². The summed E-state index contributed by atoms with van der Waals surface area (Å²) >= 11 is 0. The van der Waals surface area contributed by atoms with E-state index in [1.165, 1.54) is 0 Å². The van der Waals surface area contributed by atoms with E-state index in [4.69, 9.17) is 9.84 Å². The highest BCUT2D eigenvalue weighted by atomic mass is 33.1. The van der Waals surface area contributed by atoms with E-state index in [0.29, 0.717) is 4.75 Å². The molecule has 1 aliphatic rings. The summed E-state index contributed by atoms with van der Waals surface area (Å²) in [4.78, 5) is 0. The zero-order valence-corrected chi connectivity index (χ0v) is 9.05. The van der Waals surface area contributed by atoms with Crippen LogP contribution >= 0.6 is 21.6 Å². The monoisotopic (exact) mass is 208 g/mol. The van der Waals surface area contributed by atoms with E-state index in [9.17, 15) is 0 Å². The maximum Gasteiger partial charge on any atom is 0.0622 e. The molecular formula is C8H16O2S2. The summed E-state index contributed by atoms with van der Waals surface area (Å²) in [6, 6.07) is 0. The molecule has 0 amide bonds. The number of hydrogen-bond acceptors (Lipinski definition) is 4. The van der Waals surface area contributed by atoms with E-state index in [2.05, 4.69) is 6.92 Å². The second-order valence-electron chi connectivity index (χ2n) is 2.97. The molecule has 0 aromatic rings. The Hall–Kier alpha value is 0.620. The lowest BCUT2D eigenvalue weighted by Crippen LogP contribution is -2.22. The molecule has 1 heterocycles. The molecule has 12 heavy (non-hydrogen) atoms. The van der Waals surface area contributed by atoms with E-state index in [0.717, 1.165) is 31.8 Å². The van der Waals surface area contributed by atoms with Crippen LogP contribution in [0.25, 0.3) is 0 Å². The van der Waals surface area contributed by atoms with E-state index in [1.54, 1.807) is 10.8 Å². The van der Waals surface area contributed by atoms with Gasteiger partial charge in [0.1, 0.15) is 0 Å². The quantitative estimate of drug-likeness (QED) is 0.552. The minimum absolute atomic E-state index is 0.276. The van der Waals surface area contributed by atoms with Crippen LogP contribution in [-0.4, -0.2) is 35.4 Å². The van der Waals surface area contributed by atoms with Crippen LogP contribution in [0.15, 0.2) is 0 Å². The first kappa shape index (κ1) is 10.7. The SMILES string of the molecule is CCC1(SSCCO)CCOC1. The molecule has 0 radical (unpaired) electrons. The fraction of sp³-hybridized carbons (Fsp3) is 1.00. The van der Waals surface area contributed by atoms with Gasteiger partial charge in [0.25, 0.3) is 0 Å². The third-order valence-corrected chi connectivity index (χ3v) is 5.47. The Morgan fingerprint density at radius 3 is 2.92 bits per heavy atom. The largest absolute Gasteiger partial charge is 0.395 e. The Morgan fingerprint density at radius 2 is 2.42 bits per heavy atom. The maximum atomic E-state index is 8.63. The molecule has 2 nitrogen and oxygen atoms in total. The van der Waals surface area contributed by atoms with Crippen molar-refractivity contribution in [3.8, 4) is 0 Å². The topological polar surface area (TPSA) is 29.5 Å². The highest BCUT2D eigenvalue weighted by molar-refractivity contribution is 8.77. The van der Waals surface area contributed by atoms with Gasteiger partial charge in [-0.05, 0) is 12.8 Å².